The van der Waals surface area contributed by atoms with Crippen molar-refractivity contribution < 1.29 is 22.3 Å². The first-order valence-corrected chi connectivity index (χ1v) is 7.46. The summed E-state index contributed by atoms with van der Waals surface area (Å²) in [4.78, 5) is -0.466. The first-order valence-electron chi connectivity index (χ1n) is 5.54. The zero-order valence-corrected chi connectivity index (χ0v) is 11.3. The van der Waals surface area contributed by atoms with Gasteiger partial charge in [-0.25, -0.2) is 17.2 Å². The summed E-state index contributed by atoms with van der Waals surface area (Å²) in [5.41, 5.74) is 5.31. The molecule has 0 saturated heterocycles. The summed E-state index contributed by atoms with van der Waals surface area (Å²) in [6.07, 6.45) is -2.80. The van der Waals surface area contributed by atoms with Crippen molar-refractivity contribution in [1.29, 1.82) is 0 Å². The molecule has 0 heterocycles. The molecular weight excluding hydrogens is 300 g/mol. The van der Waals surface area contributed by atoms with Gasteiger partial charge in [0, 0.05) is 5.92 Å². The van der Waals surface area contributed by atoms with Crippen LogP contribution in [0.25, 0.3) is 0 Å². The van der Waals surface area contributed by atoms with E-state index in [4.69, 9.17) is 17.3 Å². The smallest absolute Gasteiger partial charge is 0.241 e. The van der Waals surface area contributed by atoms with E-state index < -0.39 is 38.1 Å². The average molecular weight is 312 g/mol. The molecule has 1 aliphatic rings. The molecule has 0 atom stereocenters. The number of anilines is 1. The number of phenolic OH excluding ortho intramolecular Hbond substituents is 1. The van der Waals surface area contributed by atoms with Crippen LogP contribution in [0.4, 0.5) is 14.5 Å². The van der Waals surface area contributed by atoms with Gasteiger partial charge in [-0.15, -0.1) is 0 Å². The van der Waals surface area contributed by atoms with Crippen molar-refractivity contribution in [2.24, 2.45) is 5.92 Å². The predicted molar refractivity (Wildman–Crippen MR) is 67.2 cm³/mol. The third-order valence-corrected chi connectivity index (χ3v) is 6.00. The number of alkyl halides is 2. The van der Waals surface area contributed by atoms with Gasteiger partial charge in [-0.05, 0) is 25.0 Å². The third-order valence-electron chi connectivity index (χ3n) is 3.33. The molecule has 19 heavy (non-hydrogen) atoms. The quantitative estimate of drug-likeness (QED) is 0.663. The van der Waals surface area contributed by atoms with Crippen molar-refractivity contribution in [3.8, 4) is 5.75 Å². The molecule has 4 nitrogen and oxygen atoms in total. The Balaban J connectivity index is 2.35. The summed E-state index contributed by atoms with van der Waals surface area (Å²) in [7, 11) is -3.95. The molecule has 1 saturated carbocycles. The van der Waals surface area contributed by atoms with Crippen LogP contribution in [0, 0.1) is 5.92 Å². The molecule has 106 valence electrons. The number of nitrogens with two attached hydrogens (primary N) is 1. The molecule has 0 radical (unpaired) electrons. The van der Waals surface area contributed by atoms with Gasteiger partial charge in [-0.3, -0.25) is 0 Å². The van der Waals surface area contributed by atoms with E-state index in [9.17, 15) is 22.3 Å². The average Bonchev–Trinajstić information content (AvgIpc) is 2.20. The van der Waals surface area contributed by atoms with Crippen LogP contribution in [0.15, 0.2) is 17.0 Å². The normalized spacial score (nSPS) is 23.4. The zero-order chi connectivity index (χ0) is 14.4. The second-order valence-corrected chi connectivity index (χ2v) is 7.12. The molecule has 8 heteroatoms. The number of hydrogen-bond donors (Lipinski definition) is 2. The number of hydrogen-bond acceptors (Lipinski definition) is 4. The van der Waals surface area contributed by atoms with Gasteiger partial charge in [0.25, 0.3) is 0 Å². The molecule has 2 rings (SSSR count). The molecule has 0 amide bonds. The van der Waals surface area contributed by atoms with E-state index in [0.717, 1.165) is 0 Å². The SMILES string of the molecule is Nc1ccc(Cl)c(S(=O)(=O)[C@H]2C[C@H](C(F)F)C2)c1O. The van der Waals surface area contributed by atoms with Gasteiger partial charge in [0.05, 0.1) is 16.0 Å². The fraction of sp³-hybridized carbons (Fsp3) is 0.455. The lowest BCUT2D eigenvalue weighted by molar-refractivity contribution is 0.0364. The summed E-state index contributed by atoms with van der Waals surface area (Å²) >= 11 is 5.77. The summed E-state index contributed by atoms with van der Waals surface area (Å²) in [5, 5.41) is 8.61. The molecule has 1 aliphatic carbocycles. The molecular formula is C11H12ClF2NO3S. The number of benzene rings is 1. The van der Waals surface area contributed by atoms with E-state index in [1.165, 1.54) is 12.1 Å². The van der Waals surface area contributed by atoms with Crippen LogP contribution in [-0.4, -0.2) is 25.2 Å². The summed E-state index contributed by atoms with van der Waals surface area (Å²) < 4.78 is 49.2. The number of halogens is 3. The van der Waals surface area contributed by atoms with Crippen LogP contribution in [0.1, 0.15) is 12.8 Å². The molecule has 0 bridgehead atoms. The number of aromatic hydroxyl groups is 1. The highest BCUT2D eigenvalue weighted by atomic mass is 35.5. The van der Waals surface area contributed by atoms with Gasteiger partial charge < -0.3 is 10.8 Å². The van der Waals surface area contributed by atoms with Crippen LogP contribution < -0.4 is 5.73 Å². The van der Waals surface area contributed by atoms with E-state index in [0.29, 0.717) is 0 Å². The van der Waals surface area contributed by atoms with Crippen molar-refractivity contribution in [2.75, 3.05) is 5.73 Å². The molecule has 0 unspecified atom stereocenters. The van der Waals surface area contributed by atoms with Crippen molar-refractivity contribution in [3.05, 3.63) is 17.2 Å². The van der Waals surface area contributed by atoms with Gasteiger partial charge in [0.15, 0.2) is 15.6 Å². The van der Waals surface area contributed by atoms with Gasteiger partial charge in [-0.2, -0.15) is 0 Å². The van der Waals surface area contributed by atoms with E-state index in [1.54, 1.807) is 0 Å². The Morgan fingerprint density at radius 2 is 1.95 bits per heavy atom. The van der Waals surface area contributed by atoms with Crippen LogP contribution in [0.2, 0.25) is 5.02 Å². The summed E-state index contributed by atoms with van der Waals surface area (Å²) in [5.74, 6) is -1.53. The van der Waals surface area contributed by atoms with Crippen molar-refractivity contribution in [3.63, 3.8) is 0 Å². The predicted octanol–water partition coefficient (Wildman–Crippen LogP) is 2.45. The molecule has 1 aromatic carbocycles. The van der Waals surface area contributed by atoms with Crippen molar-refractivity contribution in [1.82, 2.24) is 0 Å². The lowest BCUT2D eigenvalue weighted by Gasteiger charge is -2.34. The van der Waals surface area contributed by atoms with E-state index in [1.807, 2.05) is 0 Å². The fourth-order valence-corrected chi connectivity index (χ4v) is 4.60. The Kier molecular flexibility index (Phi) is 3.61. The maximum absolute atomic E-state index is 12.4. The number of rotatable bonds is 3. The fourth-order valence-electron chi connectivity index (χ4n) is 2.06. The van der Waals surface area contributed by atoms with Gasteiger partial charge in [0.2, 0.25) is 6.43 Å². The minimum absolute atomic E-state index is 0.118. The minimum Gasteiger partial charge on any atom is -0.504 e. The Morgan fingerprint density at radius 3 is 2.47 bits per heavy atom. The number of sulfone groups is 1. The second-order valence-electron chi connectivity index (χ2n) is 4.55. The van der Waals surface area contributed by atoms with Gasteiger partial charge in [-0.1, -0.05) is 11.6 Å². The summed E-state index contributed by atoms with van der Waals surface area (Å²) in [6.45, 7) is 0. The minimum atomic E-state index is -3.95. The largest absolute Gasteiger partial charge is 0.504 e. The highest BCUT2D eigenvalue weighted by Crippen LogP contribution is 2.44. The number of phenols is 1. The van der Waals surface area contributed by atoms with Crippen molar-refractivity contribution >= 4 is 27.1 Å². The highest BCUT2D eigenvalue weighted by molar-refractivity contribution is 7.92. The van der Waals surface area contributed by atoms with Gasteiger partial charge in [0.1, 0.15) is 4.90 Å². The van der Waals surface area contributed by atoms with Crippen LogP contribution >= 0.6 is 11.6 Å². The maximum Gasteiger partial charge on any atom is 0.241 e. The molecule has 3 N–H and O–H groups in total. The zero-order valence-electron chi connectivity index (χ0n) is 9.68. The monoisotopic (exact) mass is 311 g/mol. The standard InChI is InChI=1S/C11H12ClF2NO3S/c12-7-1-2-8(15)9(16)10(7)19(17,18)6-3-5(4-6)11(13)14/h1-2,5-6,11,16H,3-4,15H2/t5-,6-. The molecule has 0 aromatic heterocycles. The lowest BCUT2D eigenvalue weighted by Crippen LogP contribution is -2.39. The van der Waals surface area contributed by atoms with E-state index in [-0.39, 0.29) is 23.6 Å². The molecule has 0 spiro atoms. The Hall–Kier alpha value is -1.08. The Morgan fingerprint density at radius 1 is 1.37 bits per heavy atom. The summed E-state index contributed by atoms with van der Waals surface area (Å²) in [6, 6.07) is 2.53. The van der Waals surface area contributed by atoms with Crippen LogP contribution in [0.3, 0.4) is 0 Å². The van der Waals surface area contributed by atoms with Crippen molar-refractivity contribution in [2.45, 2.75) is 29.4 Å². The Bertz CT molecular complexity index is 600. The Labute approximate surface area is 114 Å². The first kappa shape index (κ1) is 14.3. The van der Waals surface area contributed by atoms with Crippen LogP contribution in [-0.2, 0) is 9.84 Å². The molecule has 0 aliphatic heterocycles. The topological polar surface area (TPSA) is 80.4 Å². The van der Waals surface area contributed by atoms with Gasteiger partial charge >= 0.3 is 0 Å². The van der Waals surface area contributed by atoms with E-state index in [2.05, 4.69) is 0 Å². The highest BCUT2D eigenvalue weighted by Gasteiger charge is 2.45. The lowest BCUT2D eigenvalue weighted by atomic mass is 9.85. The second kappa shape index (κ2) is 4.79. The molecule has 1 fully saturated rings. The first-order chi connectivity index (χ1) is 8.75. The number of nitrogen functional groups attached to an aromatic ring is 1. The third kappa shape index (κ3) is 2.36. The maximum atomic E-state index is 12.4. The molecule has 1 aromatic rings. The van der Waals surface area contributed by atoms with Crippen LogP contribution in [0.5, 0.6) is 5.75 Å². The van der Waals surface area contributed by atoms with E-state index >= 15 is 0 Å².